The van der Waals surface area contributed by atoms with Gasteiger partial charge >= 0.3 is 5.97 Å². The Bertz CT molecular complexity index is 246. The minimum atomic E-state index is -0.386. The van der Waals surface area contributed by atoms with Crippen LogP contribution in [-0.4, -0.2) is 24.5 Å². The molecule has 1 amide bonds. The Kier molecular flexibility index (Phi) is 2.70. The highest BCUT2D eigenvalue weighted by molar-refractivity contribution is 5.86. The lowest BCUT2D eigenvalue weighted by Gasteiger charge is -2.12. The van der Waals surface area contributed by atoms with Crippen molar-refractivity contribution in [3.63, 3.8) is 0 Å². The number of amides is 1. The van der Waals surface area contributed by atoms with Crippen LogP contribution in [0.25, 0.3) is 0 Å². The van der Waals surface area contributed by atoms with Crippen molar-refractivity contribution < 1.29 is 14.3 Å². The number of carbonyl (C=O) groups is 2. The first kappa shape index (κ1) is 9.49. The van der Waals surface area contributed by atoms with E-state index in [0.717, 1.165) is 25.7 Å². The summed E-state index contributed by atoms with van der Waals surface area (Å²) in [4.78, 5) is 22.7. The third kappa shape index (κ3) is 1.89. The smallest absolute Gasteiger partial charge is 0.328 e. The first-order valence-corrected chi connectivity index (χ1v) is 5.24. The molecule has 1 saturated carbocycles. The second kappa shape index (κ2) is 3.98. The number of carbonyl (C=O) groups excluding carboxylic acids is 2. The van der Waals surface area contributed by atoms with Crippen molar-refractivity contribution in [1.29, 1.82) is 0 Å². The van der Waals surface area contributed by atoms with Gasteiger partial charge in [0, 0.05) is 12.3 Å². The van der Waals surface area contributed by atoms with E-state index in [1.807, 2.05) is 0 Å². The largest absolute Gasteiger partial charge is 0.464 e. The Morgan fingerprint density at radius 3 is 2.57 bits per heavy atom. The van der Waals surface area contributed by atoms with Crippen LogP contribution in [0, 0.1) is 5.92 Å². The van der Waals surface area contributed by atoms with E-state index in [4.69, 9.17) is 4.74 Å². The molecule has 2 rings (SSSR count). The SMILES string of the molecule is O=C(N[C@H]1CCOC1=O)C1CCCC1. The highest BCUT2D eigenvalue weighted by atomic mass is 16.5. The van der Waals surface area contributed by atoms with Gasteiger partial charge in [-0.15, -0.1) is 0 Å². The summed E-state index contributed by atoms with van der Waals surface area (Å²) >= 11 is 0. The van der Waals surface area contributed by atoms with Crippen LogP contribution < -0.4 is 5.32 Å². The highest BCUT2D eigenvalue weighted by Crippen LogP contribution is 2.25. The Labute approximate surface area is 83.0 Å². The van der Waals surface area contributed by atoms with Crippen molar-refractivity contribution in [3.8, 4) is 0 Å². The van der Waals surface area contributed by atoms with Gasteiger partial charge in [0.25, 0.3) is 0 Å². The molecule has 78 valence electrons. The third-order valence-corrected chi connectivity index (χ3v) is 2.98. The summed E-state index contributed by atoms with van der Waals surface area (Å²) in [5.41, 5.74) is 0. The maximum atomic E-state index is 11.6. The van der Waals surface area contributed by atoms with Crippen molar-refractivity contribution in [2.75, 3.05) is 6.61 Å². The Morgan fingerprint density at radius 2 is 2.00 bits per heavy atom. The number of cyclic esters (lactones) is 1. The molecular formula is C10H15NO3. The van der Waals surface area contributed by atoms with E-state index in [1.54, 1.807) is 0 Å². The number of rotatable bonds is 2. The summed E-state index contributed by atoms with van der Waals surface area (Å²) in [6, 6.07) is -0.386. The third-order valence-electron chi connectivity index (χ3n) is 2.98. The van der Waals surface area contributed by atoms with E-state index in [2.05, 4.69) is 5.32 Å². The molecule has 4 heteroatoms. The molecule has 0 aromatic carbocycles. The van der Waals surface area contributed by atoms with E-state index in [-0.39, 0.29) is 23.8 Å². The summed E-state index contributed by atoms with van der Waals surface area (Å²) in [5, 5.41) is 2.76. The maximum Gasteiger partial charge on any atom is 0.328 e. The van der Waals surface area contributed by atoms with Crippen LogP contribution in [-0.2, 0) is 14.3 Å². The molecule has 0 aromatic heterocycles. The molecule has 2 fully saturated rings. The molecule has 1 N–H and O–H groups in total. The summed E-state index contributed by atoms with van der Waals surface area (Å²) in [5.74, 6) is -0.119. The van der Waals surface area contributed by atoms with Gasteiger partial charge in [0.05, 0.1) is 6.61 Å². The molecule has 0 aromatic rings. The van der Waals surface area contributed by atoms with Crippen LogP contribution in [0.5, 0.6) is 0 Å². The fourth-order valence-corrected chi connectivity index (χ4v) is 2.10. The van der Waals surface area contributed by atoms with Crippen molar-refractivity contribution in [2.45, 2.75) is 38.1 Å². The van der Waals surface area contributed by atoms with Gasteiger partial charge in [-0.25, -0.2) is 4.79 Å². The molecular weight excluding hydrogens is 182 g/mol. The van der Waals surface area contributed by atoms with Crippen molar-refractivity contribution in [2.24, 2.45) is 5.92 Å². The lowest BCUT2D eigenvalue weighted by molar-refractivity contribution is -0.141. The second-order valence-corrected chi connectivity index (χ2v) is 4.00. The second-order valence-electron chi connectivity index (χ2n) is 4.00. The molecule has 1 atom stereocenters. The summed E-state index contributed by atoms with van der Waals surface area (Å²) < 4.78 is 4.78. The van der Waals surface area contributed by atoms with Crippen molar-refractivity contribution in [3.05, 3.63) is 0 Å². The first-order chi connectivity index (χ1) is 6.77. The lowest BCUT2D eigenvalue weighted by Crippen LogP contribution is -2.40. The molecule has 0 spiro atoms. The molecule has 0 unspecified atom stereocenters. The van der Waals surface area contributed by atoms with E-state index in [0.29, 0.717) is 13.0 Å². The highest BCUT2D eigenvalue weighted by Gasteiger charge is 2.31. The molecule has 0 bridgehead atoms. The van der Waals surface area contributed by atoms with E-state index >= 15 is 0 Å². The molecule has 1 heterocycles. The van der Waals surface area contributed by atoms with Gasteiger partial charge in [0.2, 0.25) is 5.91 Å². The van der Waals surface area contributed by atoms with Gasteiger partial charge in [-0.3, -0.25) is 4.79 Å². The van der Waals surface area contributed by atoms with Gasteiger partial charge in [-0.1, -0.05) is 12.8 Å². The zero-order valence-electron chi connectivity index (χ0n) is 8.12. The Morgan fingerprint density at radius 1 is 1.29 bits per heavy atom. The Balaban J connectivity index is 1.84. The minimum absolute atomic E-state index is 0.0337. The zero-order chi connectivity index (χ0) is 9.97. The van der Waals surface area contributed by atoms with Crippen LogP contribution in [0.4, 0.5) is 0 Å². The predicted molar refractivity (Wildman–Crippen MR) is 49.5 cm³/mol. The zero-order valence-corrected chi connectivity index (χ0v) is 8.12. The normalized spacial score (nSPS) is 27.7. The van der Waals surface area contributed by atoms with E-state index in [9.17, 15) is 9.59 Å². The number of ether oxygens (including phenoxy) is 1. The summed E-state index contributed by atoms with van der Waals surface area (Å²) in [6.45, 7) is 0.439. The molecule has 1 saturated heterocycles. The number of hydrogen-bond donors (Lipinski definition) is 1. The fraction of sp³-hybridized carbons (Fsp3) is 0.800. The molecule has 2 aliphatic rings. The summed E-state index contributed by atoms with van der Waals surface area (Å²) in [6.07, 6.45) is 4.82. The van der Waals surface area contributed by atoms with Crippen LogP contribution in [0.3, 0.4) is 0 Å². The van der Waals surface area contributed by atoms with Gasteiger partial charge in [0.15, 0.2) is 0 Å². The van der Waals surface area contributed by atoms with Crippen LogP contribution >= 0.6 is 0 Å². The average Bonchev–Trinajstić information content (AvgIpc) is 2.77. The quantitative estimate of drug-likeness (QED) is 0.660. The van der Waals surface area contributed by atoms with Gasteiger partial charge < -0.3 is 10.1 Å². The van der Waals surface area contributed by atoms with Crippen LogP contribution in [0.15, 0.2) is 0 Å². The van der Waals surface area contributed by atoms with Crippen LogP contribution in [0.2, 0.25) is 0 Å². The summed E-state index contributed by atoms with van der Waals surface area (Å²) in [7, 11) is 0. The molecule has 14 heavy (non-hydrogen) atoms. The molecule has 1 aliphatic carbocycles. The number of nitrogens with one attached hydrogen (secondary N) is 1. The fourth-order valence-electron chi connectivity index (χ4n) is 2.10. The Hall–Kier alpha value is -1.06. The average molecular weight is 197 g/mol. The monoisotopic (exact) mass is 197 g/mol. The topological polar surface area (TPSA) is 55.4 Å². The predicted octanol–water partition coefficient (Wildman–Crippen LogP) is 0.608. The van der Waals surface area contributed by atoms with Crippen molar-refractivity contribution >= 4 is 11.9 Å². The van der Waals surface area contributed by atoms with Gasteiger partial charge in [0.1, 0.15) is 6.04 Å². The van der Waals surface area contributed by atoms with Gasteiger partial charge in [-0.05, 0) is 12.8 Å². The molecule has 1 aliphatic heterocycles. The lowest BCUT2D eigenvalue weighted by atomic mass is 10.1. The maximum absolute atomic E-state index is 11.6. The first-order valence-electron chi connectivity index (χ1n) is 5.24. The minimum Gasteiger partial charge on any atom is -0.464 e. The number of hydrogen-bond acceptors (Lipinski definition) is 3. The standard InChI is InChI=1S/C10H15NO3/c12-9(7-3-1-2-4-7)11-8-5-6-14-10(8)13/h7-8H,1-6H2,(H,11,12)/t8-/m0/s1. The van der Waals surface area contributed by atoms with E-state index in [1.165, 1.54) is 0 Å². The van der Waals surface area contributed by atoms with Crippen LogP contribution in [0.1, 0.15) is 32.1 Å². The molecule has 4 nitrogen and oxygen atoms in total. The van der Waals surface area contributed by atoms with Crippen molar-refractivity contribution in [1.82, 2.24) is 5.32 Å². The number of esters is 1. The molecule has 0 radical (unpaired) electrons. The van der Waals surface area contributed by atoms with E-state index < -0.39 is 0 Å². The van der Waals surface area contributed by atoms with Gasteiger partial charge in [-0.2, -0.15) is 0 Å².